The molecule has 0 unspecified atom stereocenters. The first-order valence-corrected chi connectivity index (χ1v) is 27.4. The van der Waals surface area contributed by atoms with Crippen molar-refractivity contribution >= 4 is 44.1 Å². The summed E-state index contributed by atoms with van der Waals surface area (Å²) in [5.41, 5.74) is 19.4. The third kappa shape index (κ3) is 9.16. The molecule has 0 amide bonds. The summed E-state index contributed by atoms with van der Waals surface area (Å²) in [5.74, 6) is 3.01. The van der Waals surface area contributed by atoms with Gasteiger partial charge in [0.05, 0.1) is 28.2 Å². The Morgan fingerprint density at radius 1 is 0.287 bits per heavy atom. The fourth-order valence-electron chi connectivity index (χ4n) is 11.3. The molecule has 13 rings (SSSR count). The molecule has 0 saturated heterocycles. The maximum Gasteiger partial charge on any atom is 0.249 e. The summed E-state index contributed by atoms with van der Waals surface area (Å²) in [6.45, 7) is 13.5. The van der Waals surface area contributed by atoms with E-state index in [2.05, 4.69) is 326 Å². The van der Waals surface area contributed by atoms with Crippen LogP contribution in [-0.2, 0) is 39.0 Å². The van der Waals surface area contributed by atoms with Crippen LogP contribution in [-0.4, -0.2) is 18.3 Å². The lowest BCUT2D eigenvalue weighted by Crippen LogP contribution is -2.25. The van der Waals surface area contributed by atoms with Crippen LogP contribution in [0.3, 0.4) is 0 Å². The lowest BCUT2D eigenvalue weighted by Gasteiger charge is -2.21. The van der Waals surface area contributed by atoms with Crippen molar-refractivity contribution in [3.63, 3.8) is 0 Å². The number of rotatable bonds is 10. The number of benzene rings is 9. The molecule has 4 aromatic heterocycles. The minimum Gasteiger partial charge on any atom is -0.457 e. The van der Waals surface area contributed by atoms with E-state index in [-0.39, 0.29) is 10.8 Å². The predicted molar refractivity (Wildman–Crippen MR) is 320 cm³/mol. The number of aromatic nitrogens is 8. The number of aryl methyl sites for hydroxylation is 4. The third-order valence-corrected chi connectivity index (χ3v) is 15.7. The van der Waals surface area contributed by atoms with Gasteiger partial charge in [0.15, 0.2) is 44.1 Å². The topological polar surface area (TPSA) is 53.7 Å². The molecule has 10 nitrogen and oxygen atoms in total. The first-order chi connectivity index (χ1) is 38.5. The summed E-state index contributed by atoms with van der Waals surface area (Å²) in [4.78, 5) is 0. The minimum atomic E-state index is -0.134. The van der Waals surface area contributed by atoms with Gasteiger partial charge in [0.1, 0.15) is 45.7 Å². The van der Waals surface area contributed by atoms with E-state index in [0.717, 1.165) is 112 Å². The van der Waals surface area contributed by atoms with Crippen LogP contribution in [0.4, 0.5) is 0 Å². The van der Waals surface area contributed by atoms with Crippen LogP contribution in [0.25, 0.3) is 89.1 Å². The highest BCUT2D eigenvalue weighted by atomic mass is 16.5. The summed E-state index contributed by atoms with van der Waals surface area (Å²) < 4.78 is 31.9. The van der Waals surface area contributed by atoms with Gasteiger partial charge < -0.3 is 9.47 Å². The molecule has 4 heterocycles. The summed E-state index contributed by atoms with van der Waals surface area (Å²) in [6.07, 6.45) is 8.59. The van der Waals surface area contributed by atoms with Crippen molar-refractivity contribution in [3.8, 4) is 68.0 Å². The summed E-state index contributed by atoms with van der Waals surface area (Å²) >= 11 is 0. The number of imidazole rings is 4. The van der Waals surface area contributed by atoms with Crippen LogP contribution in [0.15, 0.2) is 219 Å². The normalized spacial score (nSPS) is 12.1. The second kappa shape index (κ2) is 19.1. The predicted octanol–water partition coefficient (Wildman–Crippen LogP) is 14.3. The molecule has 0 saturated carbocycles. The monoisotopic (exact) mass is 1050 g/mol. The molecule has 9 aromatic carbocycles. The van der Waals surface area contributed by atoms with Gasteiger partial charge in [0.25, 0.3) is 0 Å². The smallest absolute Gasteiger partial charge is 0.249 e. The highest BCUT2D eigenvalue weighted by molar-refractivity contribution is 5.80. The number of para-hydroxylation sites is 8. The first kappa shape index (κ1) is 50.0. The zero-order valence-electron chi connectivity index (χ0n) is 47.2. The average Bonchev–Trinajstić information content (AvgIpc) is 4.21. The van der Waals surface area contributed by atoms with E-state index in [0.29, 0.717) is 0 Å². The molecular formula is C70H66N8O2+4. The van der Waals surface area contributed by atoms with E-state index >= 15 is 0 Å². The largest absolute Gasteiger partial charge is 0.457 e. The number of nitrogens with zero attached hydrogens (tertiary/aromatic N) is 8. The average molecular weight is 1050 g/mol. The van der Waals surface area contributed by atoms with E-state index in [1.807, 2.05) is 0 Å². The number of ether oxygens (including phenoxy) is 2. The molecule has 0 N–H and O–H groups in total. The van der Waals surface area contributed by atoms with Crippen molar-refractivity contribution in [1.29, 1.82) is 0 Å². The van der Waals surface area contributed by atoms with Crippen LogP contribution < -0.4 is 27.7 Å². The van der Waals surface area contributed by atoms with Crippen molar-refractivity contribution in [3.05, 3.63) is 231 Å². The molecule has 0 aliphatic heterocycles. The summed E-state index contributed by atoms with van der Waals surface area (Å²) in [7, 11) is 8.38. The fourth-order valence-corrected chi connectivity index (χ4v) is 11.3. The van der Waals surface area contributed by atoms with Gasteiger partial charge >= 0.3 is 0 Å². The molecule has 0 atom stereocenters. The van der Waals surface area contributed by atoms with Gasteiger partial charge in [0, 0.05) is 24.3 Å². The van der Waals surface area contributed by atoms with Gasteiger partial charge in [-0.15, -0.1) is 0 Å². The lowest BCUT2D eigenvalue weighted by molar-refractivity contribution is -0.645. The molecule has 0 aliphatic rings. The third-order valence-electron chi connectivity index (χ3n) is 15.7. The van der Waals surface area contributed by atoms with Gasteiger partial charge in [-0.1, -0.05) is 114 Å². The van der Waals surface area contributed by atoms with Gasteiger partial charge in [-0.3, -0.25) is 0 Å². The first-order valence-electron chi connectivity index (χ1n) is 27.4. The number of hydrogen-bond donors (Lipinski definition) is 0. The van der Waals surface area contributed by atoms with E-state index in [4.69, 9.17) is 9.47 Å². The zero-order valence-corrected chi connectivity index (χ0v) is 47.2. The van der Waals surface area contributed by atoms with Crippen molar-refractivity contribution in [1.82, 2.24) is 18.3 Å². The van der Waals surface area contributed by atoms with Crippen molar-refractivity contribution in [2.75, 3.05) is 0 Å². The highest BCUT2D eigenvalue weighted by Gasteiger charge is 2.25. The van der Waals surface area contributed by atoms with Crippen LogP contribution >= 0.6 is 0 Å². The molecule has 0 radical (unpaired) electrons. The van der Waals surface area contributed by atoms with E-state index in [1.54, 1.807) is 0 Å². The van der Waals surface area contributed by atoms with Gasteiger partial charge in [-0.25, -0.2) is 18.3 Å². The van der Waals surface area contributed by atoms with Crippen molar-refractivity contribution < 1.29 is 27.7 Å². The molecule has 394 valence electrons. The summed E-state index contributed by atoms with van der Waals surface area (Å²) in [6, 6.07) is 69.4. The molecule has 0 bridgehead atoms. The number of hydrogen-bond acceptors (Lipinski definition) is 2. The molecule has 0 spiro atoms. The molecule has 10 heteroatoms. The molecule has 80 heavy (non-hydrogen) atoms. The second-order valence-corrected chi connectivity index (χ2v) is 23.5. The van der Waals surface area contributed by atoms with E-state index < -0.39 is 0 Å². The lowest BCUT2D eigenvalue weighted by atomic mass is 9.86. The summed E-state index contributed by atoms with van der Waals surface area (Å²) in [5, 5.41) is 0. The Hall–Kier alpha value is -9.54. The molecule has 0 fully saturated rings. The number of fused-ring (bicyclic) bond motifs is 4. The SMILES string of the molecule is C[n+]1cn(-c2cc(Oc3cc(-n4c[n+](C)c5ccccc54)cc(C(C)(C)C)c3)cc(-c3ccc(-c4cc(Oc5cc(-n6c[n+](C)c7ccccc76)cc(C(C)(C)C)c5)cc(-n5c[n+](C)c6ccccc65)c4)cc3)c2)c2ccccc21. The second-order valence-electron chi connectivity index (χ2n) is 23.5. The quantitative estimate of drug-likeness (QED) is 0.128. The molecule has 0 aliphatic carbocycles. The van der Waals surface area contributed by atoms with Crippen LogP contribution in [0.2, 0.25) is 0 Å². The van der Waals surface area contributed by atoms with E-state index in [9.17, 15) is 0 Å². The van der Waals surface area contributed by atoms with Gasteiger partial charge in [0.2, 0.25) is 25.3 Å². The Morgan fingerprint density at radius 3 is 0.838 bits per heavy atom. The van der Waals surface area contributed by atoms with Crippen molar-refractivity contribution in [2.24, 2.45) is 28.2 Å². The van der Waals surface area contributed by atoms with Crippen LogP contribution in [0.5, 0.6) is 23.0 Å². The van der Waals surface area contributed by atoms with Crippen LogP contribution in [0.1, 0.15) is 52.7 Å². The highest BCUT2D eigenvalue weighted by Crippen LogP contribution is 2.39. The Kier molecular flexibility index (Phi) is 12.0. The van der Waals surface area contributed by atoms with Gasteiger partial charge in [-0.2, -0.15) is 18.3 Å². The maximum absolute atomic E-state index is 7.10. The Balaban J connectivity index is 0.917. The Labute approximate surface area is 467 Å². The molecular weight excluding hydrogens is 985 g/mol. The minimum absolute atomic E-state index is 0.134. The van der Waals surface area contributed by atoms with Crippen LogP contribution in [0, 0.1) is 0 Å². The van der Waals surface area contributed by atoms with E-state index in [1.165, 1.54) is 11.1 Å². The fraction of sp³-hybridized carbons (Fsp3) is 0.171. The zero-order chi connectivity index (χ0) is 55.2. The van der Waals surface area contributed by atoms with Crippen molar-refractivity contribution in [2.45, 2.75) is 52.4 Å². The maximum atomic E-state index is 7.10. The standard InChI is InChI=1S/C70H66N8O2/c1-69(2,3)51-35-55(77-45-73(9)63-21-13-17-25-67(63)77)41-59(37-51)79-57-33-49(31-53(39-57)75-43-71(7)61-19-11-15-23-65(61)75)47-27-29-48(30-28-47)50-32-54(76-44-72(8)62-20-12-16-24-66(62)76)40-58(34-50)80-60-38-52(70(4,5)6)36-56(42-60)78-46-74(10)64-22-14-18-26-68(64)78/h11-46H,1-10H3/q+4. The van der Waals surface area contributed by atoms with Gasteiger partial charge in [-0.05, 0) is 141 Å². The Morgan fingerprint density at radius 2 is 0.550 bits per heavy atom. The Bertz CT molecular complexity index is 4270. The molecule has 13 aromatic rings.